The van der Waals surface area contributed by atoms with Crippen molar-refractivity contribution in [3.8, 4) is 0 Å². The molecule has 0 radical (unpaired) electrons. The Morgan fingerprint density at radius 1 is 1.10 bits per heavy atom. The second-order valence-electron chi connectivity index (χ2n) is 7.01. The molecule has 2 aromatic rings. The molecule has 0 aliphatic heterocycles. The summed E-state index contributed by atoms with van der Waals surface area (Å²) < 4.78 is 44.7. The molecule has 0 aliphatic rings. The van der Waals surface area contributed by atoms with E-state index in [0.717, 1.165) is 17.7 Å². The minimum atomic E-state index is -3.69. The van der Waals surface area contributed by atoms with Gasteiger partial charge in [0.15, 0.2) is 0 Å². The van der Waals surface area contributed by atoms with Gasteiger partial charge >= 0.3 is 0 Å². The Morgan fingerprint density at radius 3 is 2.43 bits per heavy atom. The smallest absolute Gasteiger partial charge is 0.242 e. The van der Waals surface area contributed by atoms with Gasteiger partial charge in [-0.3, -0.25) is 4.79 Å². The Labute approximate surface area is 178 Å². The number of benzene rings is 2. The van der Waals surface area contributed by atoms with Gasteiger partial charge in [-0.15, -0.1) is 0 Å². The highest BCUT2D eigenvalue weighted by Gasteiger charge is 2.20. The maximum absolute atomic E-state index is 13.0. The molecule has 0 spiro atoms. The highest BCUT2D eigenvalue weighted by Crippen LogP contribution is 2.16. The lowest BCUT2D eigenvalue weighted by molar-refractivity contribution is -0.121. The average Bonchev–Trinajstić information content (AvgIpc) is 2.74. The maximum Gasteiger partial charge on any atom is 0.242 e. The van der Waals surface area contributed by atoms with Crippen LogP contribution < -0.4 is 5.32 Å². The fourth-order valence-electron chi connectivity index (χ4n) is 2.84. The lowest BCUT2D eigenvalue weighted by Crippen LogP contribution is -2.30. The minimum absolute atomic E-state index is 0.000458. The van der Waals surface area contributed by atoms with Crippen molar-refractivity contribution in [1.29, 1.82) is 0 Å². The average molecular weight is 437 g/mol. The second-order valence-corrected chi connectivity index (χ2v) is 9.06. The van der Waals surface area contributed by atoms with Crippen molar-refractivity contribution < 1.29 is 22.3 Å². The van der Waals surface area contributed by atoms with Crippen LogP contribution in [0.1, 0.15) is 37.9 Å². The van der Waals surface area contributed by atoms with E-state index in [-0.39, 0.29) is 29.9 Å². The van der Waals surface area contributed by atoms with Gasteiger partial charge in [0.25, 0.3) is 0 Å². The van der Waals surface area contributed by atoms with Crippen LogP contribution in [0.15, 0.2) is 59.5 Å². The summed E-state index contributed by atoms with van der Waals surface area (Å²) in [4.78, 5) is 12.0. The van der Waals surface area contributed by atoms with Crippen LogP contribution in [-0.2, 0) is 19.6 Å². The third-order valence-corrected chi connectivity index (χ3v) is 6.55. The molecule has 0 heterocycles. The van der Waals surface area contributed by atoms with Crippen LogP contribution in [0.2, 0.25) is 0 Å². The van der Waals surface area contributed by atoms with Crippen molar-refractivity contribution >= 4 is 15.9 Å². The van der Waals surface area contributed by atoms with Crippen molar-refractivity contribution in [2.75, 3.05) is 26.7 Å². The summed E-state index contributed by atoms with van der Waals surface area (Å²) in [7, 11) is -2.24. The molecule has 0 saturated carbocycles. The number of rotatable bonds is 12. The van der Waals surface area contributed by atoms with Gasteiger partial charge in [0.1, 0.15) is 5.82 Å². The maximum atomic E-state index is 13.0. The Balaban J connectivity index is 1.61. The lowest BCUT2D eigenvalue weighted by atomic mass is 10.1. The molecule has 2 aromatic carbocycles. The van der Waals surface area contributed by atoms with E-state index in [1.54, 1.807) is 0 Å². The minimum Gasteiger partial charge on any atom is -0.374 e. The highest BCUT2D eigenvalue weighted by molar-refractivity contribution is 7.89. The van der Waals surface area contributed by atoms with E-state index in [1.165, 1.54) is 23.5 Å². The van der Waals surface area contributed by atoms with Gasteiger partial charge in [0, 0.05) is 33.2 Å². The first-order valence-electron chi connectivity index (χ1n) is 9.96. The second kappa shape index (κ2) is 11.8. The molecule has 1 atom stereocenters. The zero-order chi connectivity index (χ0) is 22.0. The quantitative estimate of drug-likeness (QED) is 0.517. The van der Waals surface area contributed by atoms with Gasteiger partial charge in [0.05, 0.1) is 11.0 Å². The summed E-state index contributed by atoms with van der Waals surface area (Å²) in [5.74, 6) is -0.619. The summed E-state index contributed by atoms with van der Waals surface area (Å²) in [6.45, 7) is 3.23. The summed E-state index contributed by atoms with van der Waals surface area (Å²) in [6, 6.07) is 14.6. The molecule has 0 saturated heterocycles. The predicted octanol–water partition coefficient (Wildman–Crippen LogP) is 3.51. The molecule has 1 amide bonds. The Kier molecular flexibility index (Phi) is 9.42. The number of amides is 1. The van der Waals surface area contributed by atoms with Gasteiger partial charge in [-0.2, -0.15) is 0 Å². The van der Waals surface area contributed by atoms with Gasteiger partial charge in [-0.1, -0.05) is 30.3 Å². The molecular weight excluding hydrogens is 407 g/mol. The normalized spacial score (nSPS) is 12.7. The molecular formula is C22H29FN2O4S. The Bertz CT molecular complexity index is 889. The van der Waals surface area contributed by atoms with Crippen molar-refractivity contribution in [1.82, 2.24) is 9.62 Å². The first kappa shape index (κ1) is 24.0. The molecule has 1 N–H and O–H groups in total. The molecule has 6 nitrogen and oxygen atoms in total. The number of carbonyl (C=O) groups is 1. The van der Waals surface area contributed by atoms with Crippen LogP contribution in [0, 0.1) is 5.82 Å². The number of hydrogen-bond donors (Lipinski definition) is 1. The first-order chi connectivity index (χ1) is 14.3. The fourth-order valence-corrected chi connectivity index (χ4v) is 4.05. The van der Waals surface area contributed by atoms with Gasteiger partial charge in [-0.05, 0) is 49.6 Å². The Hall–Kier alpha value is -2.29. The van der Waals surface area contributed by atoms with E-state index < -0.39 is 15.8 Å². The van der Waals surface area contributed by atoms with E-state index >= 15 is 0 Å². The van der Waals surface area contributed by atoms with E-state index in [1.807, 2.05) is 37.3 Å². The van der Waals surface area contributed by atoms with E-state index in [2.05, 4.69) is 5.32 Å². The number of hydrogen-bond acceptors (Lipinski definition) is 4. The molecule has 1 unspecified atom stereocenters. The molecule has 30 heavy (non-hydrogen) atoms. The summed E-state index contributed by atoms with van der Waals surface area (Å²) >= 11 is 0. The lowest BCUT2D eigenvalue weighted by Gasteiger charge is -2.17. The topological polar surface area (TPSA) is 75.7 Å². The summed E-state index contributed by atoms with van der Waals surface area (Å²) in [5, 5.41) is 2.82. The van der Waals surface area contributed by atoms with Crippen molar-refractivity contribution in [2.24, 2.45) is 0 Å². The third kappa shape index (κ3) is 7.51. The molecule has 0 bridgehead atoms. The van der Waals surface area contributed by atoms with Gasteiger partial charge < -0.3 is 10.1 Å². The van der Waals surface area contributed by atoms with Gasteiger partial charge in [-0.25, -0.2) is 17.1 Å². The largest absolute Gasteiger partial charge is 0.374 e. The number of carbonyl (C=O) groups excluding carboxylic acids is 1. The van der Waals surface area contributed by atoms with Crippen LogP contribution in [0.5, 0.6) is 0 Å². The van der Waals surface area contributed by atoms with Crippen molar-refractivity contribution in [3.05, 3.63) is 66.0 Å². The van der Waals surface area contributed by atoms with Crippen LogP contribution in [0.4, 0.5) is 4.39 Å². The SMILES string of the molecule is CC(OCCCNC(=O)CCCN(C)S(=O)(=O)c1ccc(F)cc1)c1ccccc1. The molecule has 8 heteroatoms. The van der Waals surface area contributed by atoms with E-state index in [9.17, 15) is 17.6 Å². The van der Waals surface area contributed by atoms with E-state index in [0.29, 0.717) is 26.0 Å². The fraction of sp³-hybridized carbons (Fsp3) is 0.409. The zero-order valence-corrected chi connectivity index (χ0v) is 18.2. The molecule has 0 aromatic heterocycles. The number of sulfonamides is 1. The summed E-state index contributed by atoms with van der Waals surface area (Å²) in [5.41, 5.74) is 1.11. The standard InChI is InChI=1S/C22H29FN2O4S/c1-18(19-8-4-3-5-9-19)29-17-7-15-24-22(26)10-6-16-25(2)30(27,28)21-13-11-20(23)12-14-21/h3-5,8-9,11-14,18H,6-7,10,15-17H2,1-2H3,(H,24,26). The molecule has 164 valence electrons. The highest BCUT2D eigenvalue weighted by atomic mass is 32.2. The van der Waals surface area contributed by atoms with Crippen LogP contribution >= 0.6 is 0 Å². The monoisotopic (exact) mass is 436 g/mol. The number of nitrogens with zero attached hydrogens (tertiary/aromatic N) is 1. The molecule has 0 aliphatic carbocycles. The Morgan fingerprint density at radius 2 is 1.77 bits per heavy atom. The first-order valence-corrected chi connectivity index (χ1v) is 11.4. The van der Waals surface area contributed by atoms with Crippen LogP contribution in [-0.4, -0.2) is 45.4 Å². The van der Waals surface area contributed by atoms with Gasteiger partial charge in [0.2, 0.25) is 15.9 Å². The number of halogens is 1. The number of nitrogens with one attached hydrogen (secondary N) is 1. The van der Waals surface area contributed by atoms with Crippen LogP contribution in [0.3, 0.4) is 0 Å². The summed E-state index contributed by atoms with van der Waals surface area (Å²) in [6.07, 6.45) is 1.32. The molecule has 2 rings (SSSR count). The van der Waals surface area contributed by atoms with E-state index in [4.69, 9.17) is 4.74 Å². The van der Waals surface area contributed by atoms with Crippen LogP contribution in [0.25, 0.3) is 0 Å². The van der Waals surface area contributed by atoms with Crippen molar-refractivity contribution in [3.63, 3.8) is 0 Å². The predicted molar refractivity (Wildman–Crippen MR) is 114 cm³/mol. The zero-order valence-electron chi connectivity index (χ0n) is 17.4. The van der Waals surface area contributed by atoms with Crippen molar-refractivity contribution in [2.45, 2.75) is 37.2 Å². The number of ether oxygens (including phenoxy) is 1. The third-order valence-electron chi connectivity index (χ3n) is 4.68. The molecule has 0 fully saturated rings.